The second-order valence-electron chi connectivity index (χ2n) is 5.18. The molecule has 0 aliphatic heterocycles. The van der Waals surface area contributed by atoms with E-state index in [-0.39, 0.29) is 5.56 Å². The summed E-state index contributed by atoms with van der Waals surface area (Å²) in [5.74, 6) is -0.323. The SMILES string of the molecule is O=C(Nc1ccc(Nc2cc(Cl)cc(Cl)c2)nc1)c1cccc(F)c1. The predicted molar refractivity (Wildman–Crippen MR) is 98.3 cm³/mol. The van der Waals surface area contributed by atoms with E-state index in [4.69, 9.17) is 23.2 Å². The Bertz CT molecular complexity index is 896. The number of benzene rings is 2. The van der Waals surface area contributed by atoms with Crippen LogP contribution in [0.1, 0.15) is 10.4 Å². The lowest BCUT2D eigenvalue weighted by Gasteiger charge is -2.09. The number of halogens is 3. The minimum absolute atomic E-state index is 0.232. The number of amides is 1. The van der Waals surface area contributed by atoms with Crippen LogP contribution in [0.5, 0.6) is 0 Å². The van der Waals surface area contributed by atoms with Gasteiger partial charge >= 0.3 is 0 Å². The zero-order valence-electron chi connectivity index (χ0n) is 12.8. The summed E-state index contributed by atoms with van der Waals surface area (Å²) in [4.78, 5) is 16.3. The molecule has 3 rings (SSSR count). The molecule has 0 spiro atoms. The van der Waals surface area contributed by atoms with Crippen LogP contribution in [0, 0.1) is 5.82 Å². The van der Waals surface area contributed by atoms with Crippen molar-refractivity contribution in [3.8, 4) is 0 Å². The Morgan fingerprint density at radius 3 is 2.36 bits per heavy atom. The second kappa shape index (κ2) is 7.51. The molecule has 4 nitrogen and oxygen atoms in total. The van der Waals surface area contributed by atoms with E-state index in [1.165, 1.54) is 30.5 Å². The van der Waals surface area contributed by atoms with Crippen molar-refractivity contribution in [2.75, 3.05) is 10.6 Å². The molecule has 7 heteroatoms. The number of hydrogen-bond acceptors (Lipinski definition) is 3. The van der Waals surface area contributed by atoms with E-state index >= 15 is 0 Å². The lowest BCUT2D eigenvalue weighted by Crippen LogP contribution is -2.12. The Kier molecular flexibility index (Phi) is 5.16. The van der Waals surface area contributed by atoms with Gasteiger partial charge in [0.15, 0.2) is 0 Å². The van der Waals surface area contributed by atoms with Crippen molar-refractivity contribution in [1.82, 2.24) is 4.98 Å². The molecule has 1 amide bonds. The van der Waals surface area contributed by atoms with Crippen molar-refractivity contribution in [2.24, 2.45) is 0 Å². The van der Waals surface area contributed by atoms with Gasteiger partial charge in [-0.05, 0) is 48.5 Å². The lowest BCUT2D eigenvalue weighted by atomic mass is 10.2. The van der Waals surface area contributed by atoms with Gasteiger partial charge < -0.3 is 10.6 Å². The minimum Gasteiger partial charge on any atom is -0.340 e. The molecule has 126 valence electrons. The number of aromatic nitrogens is 1. The van der Waals surface area contributed by atoms with Crippen LogP contribution in [0.3, 0.4) is 0 Å². The smallest absolute Gasteiger partial charge is 0.255 e. The highest BCUT2D eigenvalue weighted by molar-refractivity contribution is 6.35. The van der Waals surface area contributed by atoms with Crippen LogP contribution < -0.4 is 10.6 Å². The van der Waals surface area contributed by atoms with E-state index in [9.17, 15) is 9.18 Å². The van der Waals surface area contributed by atoms with Crippen molar-refractivity contribution >= 4 is 46.3 Å². The monoisotopic (exact) mass is 375 g/mol. The molecule has 1 heterocycles. The van der Waals surface area contributed by atoms with Gasteiger partial charge in [0.2, 0.25) is 0 Å². The van der Waals surface area contributed by atoms with Gasteiger partial charge in [-0.25, -0.2) is 9.37 Å². The van der Waals surface area contributed by atoms with Gasteiger partial charge in [-0.15, -0.1) is 0 Å². The molecule has 0 aliphatic rings. The van der Waals surface area contributed by atoms with Crippen LogP contribution in [-0.2, 0) is 0 Å². The molecule has 25 heavy (non-hydrogen) atoms. The van der Waals surface area contributed by atoms with Gasteiger partial charge in [-0.3, -0.25) is 4.79 Å². The summed E-state index contributed by atoms with van der Waals surface area (Å²) < 4.78 is 13.2. The zero-order chi connectivity index (χ0) is 17.8. The number of nitrogens with zero attached hydrogens (tertiary/aromatic N) is 1. The zero-order valence-corrected chi connectivity index (χ0v) is 14.3. The molecule has 2 N–H and O–H groups in total. The van der Waals surface area contributed by atoms with Crippen LogP contribution in [0.15, 0.2) is 60.8 Å². The molecule has 1 aromatic heterocycles. The second-order valence-corrected chi connectivity index (χ2v) is 6.05. The third-order valence-electron chi connectivity index (χ3n) is 3.24. The van der Waals surface area contributed by atoms with E-state index < -0.39 is 11.7 Å². The molecule has 3 aromatic rings. The molecule has 0 bridgehead atoms. The highest BCUT2D eigenvalue weighted by Gasteiger charge is 2.07. The minimum atomic E-state index is -0.467. The van der Waals surface area contributed by atoms with Gasteiger partial charge in [0.05, 0.1) is 11.9 Å². The van der Waals surface area contributed by atoms with Gasteiger partial charge in [-0.1, -0.05) is 29.3 Å². The molecule has 0 fully saturated rings. The van der Waals surface area contributed by atoms with E-state index in [2.05, 4.69) is 15.6 Å². The average molecular weight is 376 g/mol. The molecular formula is C18H12Cl2FN3O. The summed E-state index contributed by atoms with van der Waals surface area (Å²) in [6, 6.07) is 13.9. The first kappa shape index (κ1) is 17.2. The fraction of sp³-hybridized carbons (Fsp3) is 0. The van der Waals surface area contributed by atoms with E-state index in [0.29, 0.717) is 27.2 Å². The number of nitrogens with one attached hydrogen (secondary N) is 2. The standard InChI is InChI=1S/C18H12Cl2FN3O/c19-12-7-13(20)9-16(8-12)23-17-5-4-15(10-22-17)24-18(25)11-2-1-3-14(21)6-11/h1-10H,(H,22,23)(H,24,25). The van der Waals surface area contributed by atoms with Crippen LogP contribution in [0.4, 0.5) is 21.6 Å². The van der Waals surface area contributed by atoms with Crippen molar-refractivity contribution in [3.63, 3.8) is 0 Å². The van der Waals surface area contributed by atoms with Crippen LogP contribution in [0.2, 0.25) is 10.0 Å². The summed E-state index contributed by atoms with van der Waals surface area (Å²) in [6.07, 6.45) is 1.49. The van der Waals surface area contributed by atoms with Crippen LogP contribution >= 0.6 is 23.2 Å². The maximum absolute atomic E-state index is 13.2. The Labute approximate surface area is 153 Å². The topological polar surface area (TPSA) is 54.0 Å². The number of pyridine rings is 1. The van der Waals surface area contributed by atoms with Crippen LogP contribution in [0.25, 0.3) is 0 Å². The fourth-order valence-electron chi connectivity index (χ4n) is 2.15. The summed E-state index contributed by atoms with van der Waals surface area (Å²) in [5.41, 5.74) is 1.42. The maximum atomic E-state index is 13.2. The molecule has 0 saturated carbocycles. The van der Waals surface area contributed by atoms with Gasteiger partial charge in [0.25, 0.3) is 5.91 Å². The summed E-state index contributed by atoms with van der Waals surface area (Å²) in [7, 11) is 0. The van der Waals surface area contributed by atoms with Gasteiger partial charge in [0, 0.05) is 21.3 Å². The summed E-state index contributed by atoms with van der Waals surface area (Å²) in [5, 5.41) is 6.74. The number of rotatable bonds is 4. The first-order chi connectivity index (χ1) is 12.0. The van der Waals surface area contributed by atoms with E-state index in [1.54, 1.807) is 30.3 Å². The molecular weight excluding hydrogens is 364 g/mol. The quantitative estimate of drug-likeness (QED) is 0.630. The largest absolute Gasteiger partial charge is 0.340 e. The normalized spacial score (nSPS) is 10.4. The third kappa shape index (κ3) is 4.68. The average Bonchev–Trinajstić information content (AvgIpc) is 2.56. The number of carbonyl (C=O) groups is 1. The Morgan fingerprint density at radius 2 is 1.72 bits per heavy atom. The fourth-order valence-corrected chi connectivity index (χ4v) is 2.67. The lowest BCUT2D eigenvalue weighted by molar-refractivity contribution is 0.102. The Morgan fingerprint density at radius 1 is 0.960 bits per heavy atom. The van der Waals surface area contributed by atoms with Crippen molar-refractivity contribution in [3.05, 3.63) is 82.2 Å². The summed E-state index contributed by atoms with van der Waals surface area (Å²) in [6.45, 7) is 0. The van der Waals surface area contributed by atoms with Crippen molar-refractivity contribution in [2.45, 2.75) is 0 Å². The first-order valence-corrected chi connectivity index (χ1v) is 8.01. The molecule has 0 radical (unpaired) electrons. The Hall–Kier alpha value is -2.63. The summed E-state index contributed by atoms with van der Waals surface area (Å²) >= 11 is 11.9. The van der Waals surface area contributed by atoms with Crippen LogP contribution in [-0.4, -0.2) is 10.9 Å². The first-order valence-electron chi connectivity index (χ1n) is 7.26. The Balaban J connectivity index is 1.68. The predicted octanol–water partition coefficient (Wildman–Crippen LogP) is 5.52. The van der Waals surface area contributed by atoms with E-state index in [1.807, 2.05) is 0 Å². The number of hydrogen-bond donors (Lipinski definition) is 2. The molecule has 0 atom stereocenters. The molecule has 0 aliphatic carbocycles. The molecule has 0 unspecified atom stereocenters. The van der Waals surface area contributed by atoms with Crippen molar-refractivity contribution < 1.29 is 9.18 Å². The molecule has 2 aromatic carbocycles. The number of anilines is 3. The molecule has 0 saturated heterocycles. The highest BCUT2D eigenvalue weighted by Crippen LogP contribution is 2.25. The van der Waals surface area contributed by atoms with Crippen molar-refractivity contribution in [1.29, 1.82) is 0 Å². The third-order valence-corrected chi connectivity index (χ3v) is 3.68. The van der Waals surface area contributed by atoms with E-state index in [0.717, 1.165) is 0 Å². The van der Waals surface area contributed by atoms with Gasteiger partial charge in [0.1, 0.15) is 11.6 Å². The maximum Gasteiger partial charge on any atom is 0.255 e. The van der Waals surface area contributed by atoms with Gasteiger partial charge in [-0.2, -0.15) is 0 Å². The highest BCUT2D eigenvalue weighted by atomic mass is 35.5. The number of carbonyl (C=O) groups excluding carboxylic acids is 1.